The molecule has 0 saturated carbocycles. The predicted octanol–water partition coefficient (Wildman–Crippen LogP) is 3.01. The number of carbonyl (C=O) groups excluding carboxylic acids is 1. The summed E-state index contributed by atoms with van der Waals surface area (Å²) in [6, 6.07) is 6.11. The van der Waals surface area contributed by atoms with E-state index in [1.54, 1.807) is 17.4 Å². The third-order valence-electron chi connectivity index (χ3n) is 4.77. The van der Waals surface area contributed by atoms with Gasteiger partial charge in [0.1, 0.15) is 34.3 Å². The van der Waals surface area contributed by atoms with Gasteiger partial charge in [0.05, 0.1) is 12.5 Å². The van der Waals surface area contributed by atoms with E-state index in [9.17, 15) is 14.7 Å². The van der Waals surface area contributed by atoms with Crippen LogP contribution in [-0.2, 0) is 4.79 Å². The molecule has 2 aromatic heterocycles. The van der Waals surface area contributed by atoms with Crippen LogP contribution in [0.1, 0.15) is 23.2 Å². The lowest BCUT2D eigenvalue weighted by Crippen LogP contribution is -2.40. The van der Waals surface area contributed by atoms with Gasteiger partial charge in [-0.1, -0.05) is 0 Å². The van der Waals surface area contributed by atoms with Crippen molar-refractivity contribution >= 4 is 44.9 Å². The number of carboxylic acid groups (broad SMARTS) is 1. The molecular weight excluding hydrogens is 380 g/mol. The number of benzene rings is 1. The quantitative estimate of drug-likeness (QED) is 0.681. The number of anilines is 2. The number of nitrogens with zero attached hydrogens (tertiary/aromatic N) is 3. The molecule has 0 radical (unpaired) electrons. The van der Waals surface area contributed by atoms with Crippen molar-refractivity contribution in [2.45, 2.75) is 18.9 Å². The molecule has 1 fully saturated rings. The van der Waals surface area contributed by atoms with Gasteiger partial charge in [0, 0.05) is 18.3 Å². The number of thiophene rings is 1. The number of rotatable bonds is 5. The Hall–Kier alpha value is -3.20. The lowest BCUT2D eigenvalue weighted by molar-refractivity contribution is -0.117. The van der Waals surface area contributed by atoms with Crippen LogP contribution in [0.3, 0.4) is 0 Å². The summed E-state index contributed by atoms with van der Waals surface area (Å²) in [5, 5.41) is 15.0. The molecule has 8 nitrogen and oxygen atoms in total. The highest BCUT2D eigenvalue weighted by Crippen LogP contribution is 2.32. The van der Waals surface area contributed by atoms with Crippen molar-refractivity contribution in [1.29, 1.82) is 0 Å². The Bertz CT molecular complexity index is 1050. The Balaban J connectivity index is 1.58. The number of nitrogens with one attached hydrogen (secondary N) is 1. The van der Waals surface area contributed by atoms with Crippen LogP contribution in [0.4, 0.5) is 11.5 Å². The first kappa shape index (κ1) is 18.2. The second kappa shape index (κ2) is 7.43. The third kappa shape index (κ3) is 3.24. The topological polar surface area (TPSA) is 105 Å². The van der Waals surface area contributed by atoms with E-state index in [0.29, 0.717) is 12.1 Å². The van der Waals surface area contributed by atoms with Crippen LogP contribution in [0.2, 0.25) is 0 Å². The van der Waals surface area contributed by atoms with Crippen LogP contribution >= 0.6 is 11.3 Å². The van der Waals surface area contributed by atoms with Crippen LogP contribution in [0.25, 0.3) is 10.2 Å². The summed E-state index contributed by atoms with van der Waals surface area (Å²) in [6.07, 6.45) is 3.12. The summed E-state index contributed by atoms with van der Waals surface area (Å²) in [6.45, 7) is 0.737. The molecule has 3 heterocycles. The average Bonchev–Trinajstić information content (AvgIpc) is 3.36. The van der Waals surface area contributed by atoms with Crippen LogP contribution in [0.15, 0.2) is 36.0 Å². The van der Waals surface area contributed by atoms with Gasteiger partial charge in [-0.3, -0.25) is 4.79 Å². The number of amides is 1. The fraction of sp³-hybridized carbons (Fsp3) is 0.263. The van der Waals surface area contributed by atoms with E-state index in [0.717, 1.165) is 29.0 Å². The van der Waals surface area contributed by atoms with E-state index in [1.807, 2.05) is 16.3 Å². The van der Waals surface area contributed by atoms with Crippen LogP contribution < -0.4 is 15.0 Å². The molecule has 2 N–H and O–H groups in total. The predicted molar refractivity (Wildman–Crippen MR) is 106 cm³/mol. The molecule has 144 valence electrons. The minimum Gasteiger partial charge on any atom is -0.496 e. The number of carbonyl (C=O) groups is 2. The van der Waals surface area contributed by atoms with Crippen molar-refractivity contribution in [1.82, 2.24) is 9.97 Å². The van der Waals surface area contributed by atoms with Gasteiger partial charge < -0.3 is 20.1 Å². The molecule has 1 aliphatic heterocycles. The van der Waals surface area contributed by atoms with Gasteiger partial charge >= 0.3 is 5.97 Å². The lowest BCUT2D eigenvalue weighted by Gasteiger charge is -2.25. The van der Waals surface area contributed by atoms with Crippen LogP contribution in [0, 0.1) is 0 Å². The second-order valence-corrected chi connectivity index (χ2v) is 7.29. The van der Waals surface area contributed by atoms with Gasteiger partial charge in [0.2, 0.25) is 5.91 Å². The van der Waals surface area contributed by atoms with E-state index in [4.69, 9.17) is 4.74 Å². The standard InChI is InChI=1S/C19H18N4O4S/c1-27-15-9-11(4-5-12(15)19(25)26)22-17(24)14-3-2-7-23(14)16-13-6-8-28-18(13)21-10-20-16/h4-6,8-10,14H,2-3,7H2,1H3,(H,22,24)(H,25,26). The summed E-state index contributed by atoms with van der Waals surface area (Å²) in [7, 11) is 1.40. The summed E-state index contributed by atoms with van der Waals surface area (Å²) in [5.41, 5.74) is 0.533. The Morgan fingerprint density at radius 2 is 2.18 bits per heavy atom. The van der Waals surface area contributed by atoms with Crippen LogP contribution in [-0.4, -0.2) is 46.6 Å². The first-order valence-corrected chi connectivity index (χ1v) is 9.63. The largest absolute Gasteiger partial charge is 0.496 e. The fourth-order valence-electron chi connectivity index (χ4n) is 3.47. The van der Waals surface area contributed by atoms with Gasteiger partial charge in [-0.2, -0.15) is 0 Å². The van der Waals surface area contributed by atoms with Crippen molar-refractivity contribution < 1.29 is 19.4 Å². The van der Waals surface area contributed by atoms with E-state index in [2.05, 4.69) is 15.3 Å². The Labute approximate surface area is 164 Å². The van der Waals surface area contributed by atoms with Crippen molar-refractivity contribution in [2.24, 2.45) is 0 Å². The molecule has 1 saturated heterocycles. The van der Waals surface area contributed by atoms with Crippen molar-refractivity contribution in [2.75, 3.05) is 23.9 Å². The zero-order valence-corrected chi connectivity index (χ0v) is 15.9. The van der Waals surface area contributed by atoms with Gasteiger partial charge in [-0.25, -0.2) is 14.8 Å². The maximum atomic E-state index is 12.9. The number of hydrogen-bond acceptors (Lipinski definition) is 7. The molecular formula is C19H18N4O4S. The molecule has 1 atom stereocenters. The minimum absolute atomic E-state index is 0.0452. The number of methoxy groups -OCH3 is 1. The second-order valence-electron chi connectivity index (χ2n) is 6.40. The number of ether oxygens (including phenoxy) is 1. The maximum absolute atomic E-state index is 12.9. The number of hydrogen-bond donors (Lipinski definition) is 2. The normalized spacial score (nSPS) is 16.3. The molecule has 1 unspecified atom stereocenters. The summed E-state index contributed by atoms with van der Waals surface area (Å²) in [5.74, 6) is -0.281. The Morgan fingerprint density at radius 3 is 2.96 bits per heavy atom. The maximum Gasteiger partial charge on any atom is 0.339 e. The fourth-order valence-corrected chi connectivity index (χ4v) is 4.20. The first-order valence-electron chi connectivity index (χ1n) is 8.75. The SMILES string of the molecule is COc1cc(NC(=O)C2CCCN2c2ncnc3sccc23)ccc1C(=O)O. The van der Waals surface area contributed by atoms with Gasteiger partial charge in [-0.05, 0) is 36.4 Å². The van der Waals surface area contributed by atoms with E-state index in [1.165, 1.54) is 25.6 Å². The highest BCUT2D eigenvalue weighted by molar-refractivity contribution is 7.16. The number of aromatic carboxylic acids is 1. The van der Waals surface area contributed by atoms with Crippen molar-refractivity contribution in [3.05, 3.63) is 41.5 Å². The van der Waals surface area contributed by atoms with Crippen molar-refractivity contribution in [3.8, 4) is 5.75 Å². The van der Waals surface area contributed by atoms with Crippen molar-refractivity contribution in [3.63, 3.8) is 0 Å². The lowest BCUT2D eigenvalue weighted by atomic mass is 10.1. The number of aromatic nitrogens is 2. The summed E-state index contributed by atoms with van der Waals surface area (Å²) >= 11 is 1.54. The van der Waals surface area contributed by atoms with E-state index < -0.39 is 5.97 Å². The molecule has 9 heteroatoms. The van der Waals surface area contributed by atoms with Gasteiger partial charge in [0.25, 0.3) is 0 Å². The molecule has 0 aliphatic carbocycles. The highest BCUT2D eigenvalue weighted by Gasteiger charge is 2.33. The van der Waals surface area contributed by atoms with E-state index in [-0.39, 0.29) is 23.3 Å². The first-order chi connectivity index (χ1) is 13.6. The van der Waals surface area contributed by atoms with Gasteiger partial charge in [-0.15, -0.1) is 11.3 Å². The van der Waals surface area contributed by atoms with Gasteiger partial charge in [0.15, 0.2) is 0 Å². The zero-order chi connectivity index (χ0) is 19.7. The molecule has 4 rings (SSSR count). The monoisotopic (exact) mass is 398 g/mol. The molecule has 0 spiro atoms. The minimum atomic E-state index is -1.08. The zero-order valence-electron chi connectivity index (χ0n) is 15.1. The number of carboxylic acids is 1. The third-order valence-corrected chi connectivity index (χ3v) is 5.59. The van der Waals surface area contributed by atoms with Crippen LogP contribution in [0.5, 0.6) is 5.75 Å². The molecule has 1 aliphatic rings. The Kier molecular flexibility index (Phi) is 4.82. The molecule has 1 aromatic carbocycles. The molecule has 0 bridgehead atoms. The molecule has 3 aromatic rings. The Morgan fingerprint density at radius 1 is 1.32 bits per heavy atom. The highest BCUT2D eigenvalue weighted by atomic mass is 32.1. The molecule has 28 heavy (non-hydrogen) atoms. The average molecular weight is 398 g/mol. The number of fused-ring (bicyclic) bond motifs is 1. The summed E-state index contributed by atoms with van der Waals surface area (Å²) in [4.78, 5) is 35.8. The summed E-state index contributed by atoms with van der Waals surface area (Å²) < 4.78 is 5.13. The van der Waals surface area contributed by atoms with E-state index >= 15 is 0 Å². The molecule has 1 amide bonds. The smallest absolute Gasteiger partial charge is 0.339 e.